The van der Waals surface area contributed by atoms with Gasteiger partial charge in [-0.05, 0) is 12.5 Å². The first-order valence-corrected chi connectivity index (χ1v) is 5.26. The van der Waals surface area contributed by atoms with Gasteiger partial charge in [0.05, 0.1) is 7.11 Å². The highest BCUT2D eigenvalue weighted by Crippen LogP contribution is 2.18. The first-order valence-electron chi connectivity index (χ1n) is 5.26. The van der Waals surface area contributed by atoms with Crippen molar-refractivity contribution in [2.45, 2.75) is 13.3 Å². The van der Waals surface area contributed by atoms with Crippen LogP contribution in [0.25, 0.3) is 0 Å². The van der Waals surface area contributed by atoms with Crippen LogP contribution in [-0.2, 0) is 0 Å². The summed E-state index contributed by atoms with van der Waals surface area (Å²) in [6.07, 6.45) is 2.86. The number of nitrogens with two attached hydrogens (primary N) is 1. The van der Waals surface area contributed by atoms with Crippen molar-refractivity contribution in [3.05, 3.63) is 18.3 Å². The average Bonchev–Trinajstić information content (AvgIpc) is 2.29. The maximum Gasteiger partial charge on any atom is 0.214 e. The molecule has 2 N–H and O–H groups in total. The number of rotatable bonds is 6. The maximum atomic E-state index is 5.58. The smallest absolute Gasteiger partial charge is 0.214 e. The van der Waals surface area contributed by atoms with Gasteiger partial charge in [-0.15, -0.1) is 0 Å². The van der Waals surface area contributed by atoms with Crippen molar-refractivity contribution >= 4 is 5.69 Å². The molecule has 0 amide bonds. The number of pyridine rings is 1. The summed E-state index contributed by atoms with van der Waals surface area (Å²) in [6, 6.07) is 3.92. The molecule has 0 aliphatic carbocycles. The third-order valence-electron chi connectivity index (χ3n) is 2.19. The fourth-order valence-corrected chi connectivity index (χ4v) is 1.50. The monoisotopic (exact) mass is 209 g/mol. The van der Waals surface area contributed by atoms with Crippen molar-refractivity contribution < 1.29 is 4.74 Å². The molecule has 1 aromatic heterocycles. The molecule has 0 atom stereocenters. The number of hydrogen-bond donors (Lipinski definition) is 1. The topological polar surface area (TPSA) is 51.4 Å². The molecule has 0 radical (unpaired) electrons. The van der Waals surface area contributed by atoms with Gasteiger partial charge >= 0.3 is 0 Å². The summed E-state index contributed by atoms with van der Waals surface area (Å²) < 4.78 is 5.09. The average molecular weight is 209 g/mol. The summed E-state index contributed by atoms with van der Waals surface area (Å²) in [5.74, 6) is 0.644. The van der Waals surface area contributed by atoms with E-state index >= 15 is 0 Å². The van der Waals surface area contributed by atoms with Crippen LogP contribution in [0.5, 0.6) is 5.88 Å². The zero-order chi connectivity index (χ0) is 11.1. The largest absolute Gasteiger partial charge is 0.481 e. The molecule has 0 aliphatic heterocycles. The lowest BCUT2D eigenvalue weighted by Crippen LogP contribution is -2.30. The van der Waals surface area contributed by atoms with E-state index in [0.717, 1.165) is 25.2 Å². The molecule has 0 aromatic carbocycles. The van der Waals surface area contributed by atoms with Crippen molar-refractivity contribution in [2.75, 3.05) is 31.6 Å². The summed E-state index contributed by atoms with van der Waals surface area (Å²) in [5, 5.41) is 0. The minimum absolute atomic E-state index is 0.644. The Hall–Kier alpha value is -1.29. The number of aromatic nitrogens is 1. The quantitative estimate of drug-likeness (QED) is 0.766. The fourth-order valence-electron chi connectivity index (χ4n) is 1.50. The van der Waals surface area contributed by atoms with Gasteiger partial charge in [-0.3, -0.25) is 0 Å². The molecule has 1 heterocycles. The Balaban J connectivity index is 2.79. The predicted molar refractivity (Wildman–Crippen MR) is 62.3 cm³/mol. The molecule has 0 saturated carbocycles. The lowest BCUT2D eigenvalue weighted by atomic mass is 10.3. The van der Waals surface area contributed by atoms with Gasteiger partial charge in [0, 0.05) is 37.6 Å². The second-order valence-corrected chi connectivity index (χ2v) is 3.33. The summed E-state index contributed by atoms with van der Waals surface area (Å²) in [5.41, 5.74) is 6.70. The lowest BCUT2D eigenvalue weighted by Gasteiger charge is -2.23. The van der Waals surface area contributed by atoms with E-state index in [-0.39, 0.29) is 0 Å². The lowest BCUT2D eigenvalue weighted by molar-refractivity contribution is 0.398. The normalized spacial score (nSPS) is 10.1. The van der Waals surface area contributed by atoms with Crippen LogP contribution >= 0.6 is 0 Å². The van der Waals surface area contributed by atoms with E-state index in [1.165, 1.54) is 0 Å². The number of anilines is 1. The summed E-state index contributed by atoms with van der Waals surface area (Å²) in [4.78, 5) is 6.32. The molecule has 0 bridgehead atoms. The molecule has 0 aliphatic rings. The van der Waals surface area contributed by atoms with Crippen molar-refractivity contribution in [2.24, 2.45) is 5.73 Å². The SMILES string of the molecule is CCCN(CCN)c1ccnc(OC)c1. The van der Waals surface area contributed by atoms with Crippen molar-refractivity contribution in [1.82, 2.24) is 4.98 Å². The third-order valence-corrected chi connectivity index (χ3v) is 2.19. The van der Waals surface area contributed by atoms with Crippen molar-refractivity contribution in [3.8, 4) is 5.88 Å². The molecule has 1 rings (SSSR count). The number of ether oxygens (including phenoxy) is 1. The van der Waals surface area contributed by atoms with E-state index in [9.17, 15) is 0 Å². The number of methoxy groups -OCH3 is 1. The van der Waals surface area contributed by atoms with Gasteiger partial charge in [0.2, 0.25) is 5.88 Å². The van der Waals surface area contributed by atoms with Crippen LogP contribution in [0.1, 0.15) is 13.3 Å². The summed E-state index contributed by atoms with van der Waals surface area (Å²) in [6.45, 7) is 4.68. The van der Waals surface area contributed by atoms with Gasteiger partial charge in [0.25, 0.3) is 0 Å². The molecule has 4 nitrogen and oxygen atoms in total. The van der Waals surface area contributed by atoms with Crippen LogP contribution in [0.4, 0.5) is 5.69 Å². The maximum absolute atomic E-state index is 5.58. The molecule has 0 unspecified atom stereocenters. The van der Waals surface area contributed by atoms with Crippen LogP contribution in [0.3, 0.4) is 0 Å². The number of nitrogens with zero attached hydrogens (tertiary/aromatic N) is 2. The zero-order valence-electron chi connectivity index (χ0n) is 9.44. The van der Waals surface area contributed by atoms with Gasteiger partial charge in [-0.25, -0.2) is 4.98 Å². The van der Waals surface area contributed by atoms with Crippen LogP contribution in [-0.4, -0.2) is 31.7 Å². The molecule has 4 heteroatoms. The number of hydrogen-bond acceptors (Lipinski definition) is 4. The van der Waals surface area contributed by atoms with E-state index in [1.54, 1.807) is 13.3 Å². The highest BCUT2D eigenvalue weighted by molar-refractivity contribution is 5.48. The molecular formula is C11H19N3O. The van der Waals surface area contributed by atoms with Gasteiger partial charge in [0.1, 0.15) is 0 Å². The Labute approximate surface area is 91.1 Å². The first-order chi connectivity index (χ1) is 7.31. The zero-order valence-corrected chi connectivity index (χ0v) is 9.44. The molecule has 0 spiro atoms. The Kier molecular flexibility index (Phi) is 4.90. The Morgan fingerprint density at radius 2 is 2.27 bits per heavy atom. The third kappa shape index (κ3) is 3.40. The predicted octanol–water partition coefficient (Wildman–Crippen LogP) is 1.27. The van der Waals surface area contributed by atoms with Crippen LogP contribution in [0.15, 0.2) is 18.3 Å². The van der Waals surface area contributed by atoms with Crippen molar-refractivity contribution in [1.29, 1.82) is 0 Å². The fraction of sp³-hybridized carbons (Fsp3) is 0.545. The minimum Gasteiger partial charge on any atom is -0.481 e. The first kappa shape index (κ1) is 11.8. The Morgan fingerprint density at radius 3 is 2.87 bits per heavy atom. The molecular weight excluding hydrogens is 190 g/mol. The van der Waals surface area contributed by atoms with Gasteiger partial charge < -0.3 is 15.4 Å². The van der Waals surface area contributed by atoms with E-state index < -0.39 is 0 Å². The summed E-state index contributed by atoms with van der Waals surface area (Å²) >= 11 is 0. The second kappa shape index (κ2) is 6.24. The van der Waals surface area contributed by atoms with Gasteiger partial charge in [-0.2, -0.15) is 0 Å². The molecule has 1 aromatic rings. The van der Waals surface area contributed by atoms with Gasteiger partial charge in [0.15, 0.2) is 0 Å². The molecule has 0 saturated heterocycles. The van der Waals surface area contributed by atoms with Crippen LogP contribution < -0.4 is 15.4 Å². The van der Waals surface area contributed by atoms with Crippen LogP contribution in [0, 0.1) is 0 Å². The Morgan fingerprint density at radius 1 is 1.47 bits per heavy atom. The van der Waals surface area contributed by atoms with Gasteiger partial charge in [-0.1, -0.05) is 6.92 Å². The minimum atomic E-state index is 0.644. The molecule has 84 valence electrons. The standard InChI is InChI=1S/C11H19N3O/c1-3-7-14(8-5-12)10-4-6-13-11(9-10)15-2/h4,6,9H,3,5,7-8,12H2,1-2H3. The van der Waals surface area contributed by atoms with E-state index in [0.29, 0.717) is 12.4 Å². The molecule has 15 heavy (non-hydrogen) atoms. The van der Waals surface area contributed by atoms with E-state index in [4.69, 9.17) is 10.5 Å². The highest BCUT2D eigenvalue weighted by atomic mass is 16.5. The second-order valence-electron chi connectivity index (χ2n) is 3.33. The Bertz CT molecular complexity index is 285. The van der Waals surface area contributed by atoms with Crippen molar-refractivity contribution in [3.63, 3.8) is 0 Å². The highest BCUT2D eigenvalue weighted by Gasteiger charge is 2.05. The van der Waals surface area contributed by atoms with Crippen LogP contribution in [0.2, 0.25) is 0 Å². The van der Waals surface area contributed by atoms with E-state index in [2.05, 4.69) is 16.8 Å². The summed E-state index contributed by atoms with van der Waals surface area (Å²) in [7, 11) is 1.62. The molecule has 0 fully saturated rings. The van der Waals surface area contributed by atoms with E-state index in [1.807, 2.05) is 12.1 Å².